The van der Waals surface area contributed by atoms with Crippen LogP contribution in [0, 0.1) is 5.82 Å². The minimum absolute atomic E-state index is 0.175. The van der Waals surface area contributed by atoms with E-state index in [9.17, 15) is 9.18 Å². The quantitative estimate of drug-likeness (QED) is 0.334. The van der Waals surface area contributed by atoms with Gasteiger partial charge in [0.05, 0.1) is 23.6 Å². The average molecular weight is 450 g/mol. The molecule has 1 heterocycles. The Balaban J connectivity index is 1.59. The highest BCUT2D eigenvalue weighted by Crippen LogP contribution is 2.26. The molecule has 5 heteroatoms. The third-order valence-corrected chi connectivity index (χ3v) is 5.91. The maximum atomic E-state index is 14.6. The molecule has 0 radical (unpaired) electrons. The number of hydrogen-bond acceptors (Lipinski definition) is 2. The maximum absolute atomic E-state index is 14.6. The number of benzene rings is 4. The monoisotopic (exact) mass is 449 g/mol. The van der Waals surface area contributed by atoms with E-state index in [0.717, 1.165) is 16.6 Å². The topological polar surface area (TPSA) is 46.9 Å². The summed E-state index contributed by atoms with van der Waals surface area (Å²) >= 11 is 0. The first-order valence-corrected chi connectivity index (χ1v) is 11.3. The van der Waals surface area contributed by atoms with Crippen LogP contribution in [0.3, 0.4) is 0 Å². The molecule has 5 rings (SSSR count). The van der Waals surface area contributed by atoms with E-state index in [-0.39, 0.29) is 11.7 Å². The molecular formula is C29H24FN3O. The first kappa shape index (κ1) is 21.6. The third-order valence-electron chi connectivity index (χ3n) is 5.91. The predicted octanol–water partition coefficient (Wildman–Crippen LogP) is 5.94. The molecule has 0 aliphatic heterocycles. The fraction of sp³-hybridized carbons (Fsp3) is 0.103. The molecule has 0 saturated heterocycles. The van der Waals surface area contributed by atoms with Gasteiger partial charge in [-0.15, -0.1) is 0 Å². The molecule has 34 heavy (non-hydrogen) atoms. The summed E-state index contributed by atoms with van der Waals surface area (Å²) in [6.45, 7) is 0.315. The van der Waals surface area contributed by atoms with Crippen molar-refractivity contribution in [3.8, 4) is 0 Å². The van der Waals surface area contributed by atoms with Crippen molar-refractivity contribution in [3.05, 3.63) is 138 Å². The average Bonchev–Trinajstić information content (AvgIpc) is 3.24. The van der Waals surface area contributed by atoms with E-state index in [1.165, 1.54) is 6.07 Å². The lowest BCUT2D eigenvalue weighted by molar-refractivity contribution is 0.0934. The normalized spacial score (nSPS) is 11.9. The van der Waals surface area contributed by atoms with Crippen molar-refractivity contribution < 1.29 is 9.18 Å². The maximum Gasteiger partial charge on any atom is 0.251 e. The largest absolute Gasteiger partial charge is 0.342 e. The summed E-state index contributed by atoms with van der Waals surface area (Å²) in [5.74, 6) is 0.253. The molecule has 1 atom stereocenters. The summed E-state index contributed by atoms with van der Waals surface area (Å²) in [7, 11) is 0. The van der Waals surface area contributed by atoms with Gasteiger partial charge in [0.15, 0.2) is 0 Å². The van der Waals surface area contributed by atoms with Gasteiger partial charge in [0.2, 0.25) is 0 Å². The Morgan fingerprint density at radius 1 is 0.824 bits per heavy atom. The van der Waals surface area contributed by atoms with Crippen molar-refractivity contribution in [2.75, 3.05) is 0 Å². The zero-order chi connectivity index (χ0) is 23.3. The smallest absolute Gasteiger partial charge is 0.251 e. The fourth-order valence-electron chi connectivity index (χ4n) is 4.21. The lowest BCUT2D eigenvalue weighted by atomic mass is 10.0. The van der Waals surface area contributed by atoms with E-state index < -0.39 is 6.04 Å². The van der Waals surface area contributed by atoms with Gasteiger partial charge in [-0.05, 0) is 42.3 Å². The number of imidazole rings is 1. The number of nitrogens with zero attached hydrogens (tertiary/aromatic N) is 2. The number of carbonyl (C=O) groups excluding carboxylic acids is 1. The molecule has 5 aromatic rings. The van der Waals surface area contributed by atoms with E-state index in [0.29, 0.717) is 29.9 Å². The molecule has 1 unspecified atom stereocenters. The molecule has 0 spiro atoms. The Labute approximate surface area is 197 Å². The zero-order valence-electron chi connectivity index (χ0n) is 18.6. The summed E-state index contributed by atoms with van der Waals surface area (Å²) in [5, 5.41) is 3.18. The van der Waals surface area contributed by atoms with Gasteiger partial charge in [0, 0.05) is 11.1 Å². The van der Waals surface area contributed by atoms with Gasteiger partial charge < -0.3 is 9.88 Å². The molecule has 0 fully saturated rings. The van der Waals surface area contributed by atoms with Crippen molar-refractivity contribution in [2.24, 2.45) is 0 Å². The third kappa shape index (κ3) is 4.59. The van der Waals surface area contributed by atoms with Crippen molar-refractivity contribution in [1.29, 1.82) is 0 Å². The van der Waals surface area contributed by atoms with E-state index in [4.69, 9.17) is 4.98 Å². The molecule has 4 aromatic carbocycles. The SMILES string of the molecule is O=C(NC(Cc1ccccc1)c1nc2ccccc2n1Cc1ccccc1F)c1ccccc1. The number of fused-ring (bicyclic) bond motifs is 1. The van der Waals surface area contributed by atoms with Crippen molar-refractivity contribution in [1.82, 2.24) is 14.9 Å². The zero-order valence-corrected chi connectivity index (χ0v) is 18.6. The first-order valence-electron chi connectivity index (χ1n) is 11.3. The lowest BCUT2D eigenvalue weighted by Crippen LogP contribution is -2.32. The highest BCUT2D eigenvalue weighted by atomic mass is 19.1. The summed E-state index contributed by atoms with van der Waals surface area (Å²) in [6, 6.07) is 33.3. The van der Waals surface area contributed by atoms with Gasteiger partial charge >= 0.3 is 0 Å². The lowest BCUT2D eigenvalue weighted by Gasteiger charge is -2.21. The summed E-state index contributed by atoms with van der Waals surface area (Å²) in [6.07, 6.45) is 0.556. The van der Waals surface area contributed by atoms with E-state index in [1.807, 2.05) is 83.4 Å². The number of hydrogen-bond donors (Lipinski definition) is 1. The van der Waals surface area contributed by atoms with Gasteiger partial charge in [-0.1, -0.05) is 78.9 Å². The predicted molar refractivity (Wildman–Crippen MR) is 132 cm³/mol. The number of para-hydroxylation sites is 2. The second-order valence-corrected chi connectivity index (χ2v) is 8.22. The number of amides is 1. The highest BCUT2D eigenvalue weighted by Gasteiger charge is 2.24. The molecule has 1 N–H and O–H groups in total. The molecule has 168 valence electrons. The summed E-state index contributed by atoms with van der Waals surface area (Å²) in [5.41, 5.74) is 3.93. The minimum Gasteiger partial charge on any atom is -0.342 e. The van der Waals surface area contributed by atoms with Crippen molar-refractivity contribution >= 4 is 16.9 Å². The van der Waals surface area contributed by atoms with Crippen LogP contribution in [0.2, 0.25) is 0 Å². The highest BCUT2D eigenvalue weighted by molar-refractivity contribution is 5.94. The Hall–Kier alpha value is -4.25. The van der Waals surface area contributed by atoms with Crippen molar-refractivity contribution in [3.63, 3.8) is 0 Å². The molecule has 0 aliphatic rings. The molecule has 0 bridgehead atoms. The molecule has 0 aliphatic carbocycles. The van der Waals surface area contributed by atoms with E-state index >= 15 is 0 Å². The number of rotatable bonds is 7. The van der Waals surface area contributed by atoms with Crippen LogP contribution in [0.25, 0.3) is 11.0 Å². The van der Waals surface area contributed by atoms with Gasteiger partial charge in [0.1, 0.15) is 11.6 Å². The van der Waals surface area contributed by atoms with Crippen LogP contribution in [0.5, 0.6) is 0 Å². The van der Waals surface area contributed by atoms with Gasteiger partial charge in [-0.2, -0.15) is 0 Å². The van der Waals surface area contributed by atoms with Crippen LogP contribution in [0.15, 0.2) is 109 Å². The van der Waals surface area contributed by atoms with E-state index in [2.05, 4.69) is 5.32 Å². The summed E-state index contributed by atoms with van der Waals surface area (Å²) < 4.78 is 16.6. The van der Waals surface area contributed by atoms with Gasteiger partial charge in [0.25, 0.3) is 5.91 Å². The Morgan fingerprint density at radius 2 is 1.47 bits per heavy atom. The Bertz CT molecular complexity index is 1410. The van der Waals surface area contributed by atoms with Gasteiger partial charge in [-0.3, -0.25) is 4.79 Å². The molecule has 0 saturated carbocycles. The molecule has 1 amide bonds. The Kier molecular flexibility index (Phi) is 6.17. The second kappa shape index (κ2) is 9.71. The number of halogens is 1. The molecule has 1 aromatic heterocycles. The van der Waals surface area contributed by atoms with Crippen LogP contribution >= 0.6 is 0 Å². The summed E-state index contributed by atoms with van der Waals surface area (Å²) in [4.78, 5) is 18.1. The molecular weight excluding hydrogens is 425 g/mol. The van der Waals surface area contributed by atoms with Crippen LogP contribution in [0.4, 0.5) is 4.39 Å². The second-order valence-electron chi connectivity index (χ2n) is 8.22. The first-order chi connectivity index (χ1) is 16.7. The fourth-order valence-corrected chi connectivity index (χ4v) is 4.21. The van der Waals surface area contributed by atoms with Gasteiger partial charge in [-0.25, -0.2) is 9.37 Å². The minimum atomic E-state index is -0.408. The standard InChI is InChI=1S/C29H24FN3O/c30-24-16-8-7-15-23(24)20-33-27-18-10-9-17-25(27)31-28(33)26(19-21-11-3-1-4-12-21)32-29(34)22-13-5-2-6-14-22/h1-18,26H,19-20H2,(H,32,34). The number of carbonyl (C=O) groups is 1. The number of nitrogens with one attached hydrogen (secondary N) is 1. The van der Waals surface area contributed by atoms with Crippen LogP contribution in [0.1, 0.15) is 33.4 Å². The Morgan fingerprint density at radius 3 is 2.24 bits per heavy atom. The van der Waals surface area contributed by atoms with E-state index in [1.54, 1.807) is 24.3 Å². The number of aromatic nitrogens is 2. The van der Waals surface area contributed by atoms with Crippen LogP contribution in [-0.4, -0.2) is 15.5 Å². The molecule has 4 nitrogen and oxygen atoms in total. The van der Waals surface area contributed by atoms with Crippen LogP contribution in [-0.2, 0) is 13.0 Å². The van der Waals surface area contributed by atoms with Crippen molar-refractivity contribution in [2.45, 2.75) is 19.0 Å². The van der Waals surface area contributed by atoms with Crippen LogP contribution < -0.4 is 5.32 Å².